The highest BCUT2D eigenvalue weighted by Crippen LogP contribution is 2.16. The molecular formula is C20H34N4O. The van der Waals surface area contributed by atoms with Gasteiger partial charge in [0.05, 0.1) is 5.60 Å². The summed E-state index contributed by atoms with van der Waals surface area (Å²) in [6.45, 7) is 9.34. The lowest BCUT2D eigenvalue weighted by Crippen LogP contribution is -2.46. The SMILES string of the molecule is CN=C(NCC1CCN(CCc2ccccc2)C1)NCC(C)(C)OC. The second-order valence-electron chi connectivity index (χ2n) is 7.46. The van der Waals surface area contributed by atoms with Crippen molar-refractivity contribution in [2.24, 2.45) is 10.9 Å². The Morgan fingerprint density at radius 3 is 2.72 bits per heavy atom. The highest BCUT2D eigenvalue weighted by molar-refractivity contribution is 5.79. The molecule has 0 amide bonds. The van der Waals surface area contributed by atoms with E-state index in [1.165, 1.54) is 25.1 Å². The largest absolute Gasteiger partial charge is 0.377 e. The third-order valence-corrected chi connectivity index (χ3v) is 4.95. The lowest BCUT2D eigenvalue weighted by molar-refractivity contribution is 0.0268. The number of rotatable bonds is 8. The van der Waals surface area contributed by atoms with Gasteiger partial charge >= 0.3 is 0 Å². The maximum absolute atomic E-state index is 5.44. The minimum absolute atomic E-state index is 0.195. The Morgan fingerprint density at radius 1 is 1.28 bits per heavy atom. The minimum atomic E-state index is -0.195. The number of hydrogen-bond acceptors (Lipinski definition) is 3. The van der Waals surface area contributed by atoms with E-state index in [0.29, 0.717) is 5.92 Å². The van der Waals surface area contributed by atoms with Gasteiger partial charge in [0.15, 0.2) is 5.96 Å². The van der Waals surface area contributed by atoms with E-state index in [-0.39, 0.29) is 5.60 Å². The van der Waals surface area contributed by atoms with Crippen molar-refractivity contribution in [1.29, 1.82) is 0 Å². The molecule has 1 heterocycles. The van der Waals surface area contributed by atoms with Gasteiger partial charge in [0.25, 0.3) is 0 Å². The van der Waals surface area contributed by atoms with E-state index in [9.17, 15) is 0 Å². The normalized spacial score (nSPS) is 19.2. The van der Waals surface area contributed by atoms with E-state index in [1.54, 1.807) is 7.11 Å². The number of nitrogens with one attached hydrogen (secondary N) is 2. The van der Waals surface area contributed by atoms with Crippen molar-refractivity contribution < 1.29 is 4.74 Å². The maximum Gasteiger partial charge on any atom is 0.191 e. The summed E-state index contributed by atoms with van der Waals surface area (Å²) in [6.07, 6.45) is 2.39. The molecule has 0 spiro atoms. The van der Waals surface area contributed by atoms with Crippen LogP contribution >= 0.6 is 0 Å². The Labute approximate surface area is 152 Å². The van der Waals surface area contributed by atoms with Crippen LogP contribution in [-0.4, -0.2) is 63.3 Å². The topological polar surface area (TPSA) is 48.9 Å². The first-order valence-corrected chi connectivity index (χ1v) is 9.28. The van der Waals surface area contributed by atoms with E-state index in [4.69, 9.17) is 4.74 Å². The molecule has 1 fully saturated rings. The summed E-state index contributed by atoms with van der Waals surface area (Å²) in [4.78, 5) is 6.88. The van der Waals surface area contributed by atoms with Crippen LogP contribution < -0.4 is 10.6 Å². The molecule has 0 bridgehead atoms. The number of likely N-dealkylation sites (tertiary alicyclic amines) is 1. The number of methoxy groups -OCH3 is 1. The van der Waals surface area contributed by atoms with Gasteiger partial charge in [-0.25, -0.2) is 0 Å². The van der Waals surface area contributed by atoms with Crippen molar-refractivity contribution in [2.45, 2.75) is 32.3 Å². The molecule has 1 unspecified atom stereocenters. The van der Waals surface area contributed by atoms with Crippen molar-refractivity contribution in [1.82, 2.24) is 15.5 Å². The van der Waals surface area contributed by atoms with Crippen molar-refractivity contribution in [2.75, 3.05) is 46.9 Å². The molecule has 140 valence electrons. The second-order valence-corrected chi connectivity index (χ2v) is 7.46. The summed E-state index contributed by atoms with van der Waals surface area (Å²) in [7, 11) is 3.55. The molecule has 1 aromatic carbocycles. The smallest absolute Gasteiger partial charge is 0.191 e. The van der Waals surface area contributed by atoms with Crippen molar-refractivity contribution in [3.8, 4) is 0 Å². The van der Waals surface area contributed by atoms with Crippen LogP contribution in [0.5, 0.6) is 0 Å². The van der Waals surface area contributed by atoms with Crippen LogP contribution in [0.3, 0.4) is 0 Å². The molecule has 5 nitrogen and oxygen atoms in total. The Balaban J connectivity index is 1.66. The molecule has 1 atom stereocenters. The molecule has 0 aliphatic carbocycles. The number of ether oxygens (including phenoxy) is 1. The summed E-state index contributed by atoms with van der Waals surface area (Å²) in [5.74, 6) is 1.54. The molecule has 5 heteroatoms. The first-order valence-electron chi connectivity index (χ1n) is 9.28. The van der Waals surface area contributed by atoms with Crippen LogP contribution in [0.2, 0.25) is 0 Å². The molecular weight excluding hydrogens is 312 g/mol. The van der Waals surface area contributed by atoms with Gasteiger partial charge in [-0.3, -0.25) is 4.99 Å². The Morgan fingerprint density at radius 2 is 2.04 bits per heavy atom. The fourth-order valence-corrected chi connectivity index (χ4v) is 3.04. The highest BCUT2D eigenvalue weighted by atomic mass is 16.5. The van der Waals surface area contributed by atoms with Crippen LogP contribution in [0.1, 0.15) is 25.8 Å². The summed E-state index contributed by atoms with van der Waals surface area (Å²) in [5, 5.41) is 6.80. The molecule has 1 aromatic rings. The van der Waals surface area contributed by atoms with Crippen molar-refractivity contribution in [3.63, 3.8) is 0 Å². The molecule has 1 aliphatic rings. The average molecular weight is 347 g/mol. The predicted molar refractivity (Wildman–Crippen MR) is 105 cm³/mol. The third kappa shape index (κ3) is 7.04. The molecule has 1 aliphatic heterocycles. The lowest BCUT2D eigenvalue weighted by Gasteiger charge is -2.25. The monoisotopic (exact) mass is 346 g/mol. The lowest BCUT2D eigenvalue weighted by atomic mass is 10.1. The van der Waals surface area contributed by atoms with E-state index >= 15 is 0 Å². The zero-order valence-electron chi connectivity index (χ0n) is 16.2. The highest BCUT2D eigenvalue weighted by Gasteiger charge is 2.22. The molecule has 0 radical (unpaired) electrons. The van der Waals surface area contributed by atoms with Gasteiger partial charge in [-0.15, -0.1) is 0 Å². The van der Waals surface area contributed by atoms with Crippen LogP contribution in [0, 0.1) is 5.92 Å². The molecule has 1 saturated heterocycles. The fourth-order valence-electron chi connectivity index (χ4n) is 3.04. The molecule has 2 N–H and O–H groups in total. The van der Waals surface area contributed by atoms with Gasteiger partial charge in [0.1, 0.15) is 0 Å². The molecule has 25 heavy (non-hydrogen) atoms. The Hall–Kier alpha value is -1.59. The van der Waals surface area contributed by atoms with Gasteiger partial charge < -0.3 is 20.3 Å². The average Bonchev–Trinajstić information content (AvgIpc) is 3.09. The van der Waals surface area contributed by atoms with Gasteiger partial charge in [-0.2, -0.15) is 0 Å². The fraction of sp³-hybridized carbons (Fsp3) is 0.650. The van der Waals surface area contributed by atoms with Gasteiger partial charge in [0.2, 0.25) is 0 Å². The summed E-state index contributed by atoms with van der Waals surface area (Å²) in [5.41, 5.74) is 1.23. The first kappa shape index (κ1) is 19.7. The standard InChI is InChI=1S/C20H34N4O/c1-20(2,25-4)16-23-19(21-3)22-14-18-11-13-24(15-18)12-10-17-8-6-5-7-9-17/h5-9,18H,10-16H2,1-4H3,(H2,21,22,23). The van der Waals surface area contributed by atoms with E-state index in [0.717, 1.165) is 32.0 Å². The number of nitrogens with zero attached hydrogens (tertiary/aromatic N) is 2. The van der Waals surface area contributed by atoms with E-state index < -0.39 is 0 Å². The Kier molecular flexibility index (Phi) is 7.72. The number of guanidine groups is 1. The summed E-state index contributed by atoms with van der Waals surface area (Å²) >= 11 is 0. The number of benzene rings is 1. The number of aliphatic imine (C=N–C) groups is 1. The van der Waals surface area contributed by atoms with Crippen LogP contribution in [0.15, 0.2) is 35.3 Å². The zero-order chi connectivity index (χ0) is 18.1. The Bertz CT molecular complexity index is 530. The van der Waals surface area contributed by atoms with Crippen molar-refractivity contribution in [3.05, 3.63) is 35.9 Å². The predicted octanol–water partition coefficient (Wildman–Crippen LogP) is 2.14. The summed E-state index contributed by atoms with van der Waals surface area (Å²) < 4.78 is 5.44. The van der Waals surface area contributed by atoms with Crippen LogP contribution in [-0.2, 0) is 11.2 Å². The zero-order valence-corrected chi connectivity index (χ0v) is 16.2. The summed E-state index contributed by atoms with van der Waals surface area (Å²) in [6, 6.07) is 10.7. The van der Waals surface area contributed by atoms with E-state index in [2.05, 4.69) is 64.7 Å². The van der Waals surface area contributed by atoms with Crippen molar-refractivity contribution >= 4 is 5.96 Å². The van der Waals surface area contributed by atoms with Gasteiger partial charge in [-0.05, 0) is 44.7 Å². The molecule has 0 saturated carbocycles. The second kappa shape index (κ2) is 9.78. The van der Waals surface area contributed by atoms with Gasteiger partial charge in [-0.1, -0.05) is 30.3 Å². The van der Waals surface area contributed by atoms with Gasteiger partial charge in [0, 0.05) is 40.3 Å². The van der Waals surface area contributed by atoms with E-state index in [1.807, 2.05) is 7.05 Å². The first-order chi connectivity index (χ1) is 12.0. The quantitative estimate of drug-likeness (QED) is 0.559. The number of hydrogen-bond donors (Lipinski definition) is 2. The maximum atomic E-state index is 5.44. The molecule has 2 rings (SSSR count). The third-order valence-electron chi connectivity index (χ3n) is 4.95. The molecule has 0 aromatic heterocycles. The minimum Gasteiger partial charge on any atom is -0.377 e. The van der Waals surface area contributed by atoms with Crippen LogP contribution in [0.4, 0.5) is 0 Å². The van der Waals surface area contributed by atoms with Crippen LogP contribution in [0.25, 0.3) is 0 Å².